The van der Waals surface area contributed by atoms with Gasteiger partial charge in [0.1, 0.15) is 12.4 Å². The van der Waals surface area contributed by atoms with Gasteiger partial charge >= 0.3 is 0 Å². The van der Waals surface area contributed by atoms with Gasteiger partial charge in [-0.25, -0.2) is 13.8 Å². The number of hydroxylamine groups is 1. The van der Waals surface area contributed by atoms with Gasteiger partial charge in [-0.15, -0.1) is 0 Å². The maximum atomic E-state index is 12.9. The van der Waals surface area contributed by atoms with Crippen LogP contribution in [-0.4, -0.2) is 11.9 Å². The Morgan fingerprint density at radius 1 is 1.42 bits per heavy atom. The third-order valence-electron chi connectivity index (χ3n) is 1.76. The Hall–Kier alpha value is -1.36. The molecule has 0 bridgehead atoms. The summed E-state index contributed by atoms with van der Waals surface area (Å²) in [6, 6.07) is 2.29. The molecule has 12 heavy (non-hydrogen) atoms. The molecule has 2 N–H and O–H groups in total. The van der Waals surface area contributed by atoms with E-state index in [2.05, 4.69) is 5.32 Å². The molecule has 2 rings (SSSR count). The summed E-state index contributed by atoms with van der Waals surface area (Å²) >= 11 is 0. The highest BCUT2D eigenvalue weighted by Gasteiger charge is 2.22. The third-order valence-corrected chi connectivity index (χ3v) is 1.76. The number of fused-ring (bicyclic) bond motifs is 1. The van der Waals surface area contributed by atoms with Gasteiger partial charge < -0.3 is 5.32 Å². The number of anilines is 2. The molecular weight excluding hydrogens is 166 g/mol. The minimum absolute atomic E-state index is 0.0116. The average Bonchev–Trinajstić information content (AvgIpc) is 2.41. The van der Waals surface area contributed by atoms with Crippen molar-refractivity contribution in [3.8, 4) is 0 Å². The molecule has 3 nitrogen and oxygen atoms in total. The second kappa shape index (κ2) is 2.31. The Bertz CT molecular complexity index is 329. The monoisotopic (exact) mass is 172 g/mol. The smallest absolute Gasteiger partial charge is 0.184 e. The van der Waals surface area contributed by atoms with Crippen LogP contribution in [-0.2, 0) is 0 Å². The molecule has 0 fully saturated rings. The molecule has 0 unspecified atom stereocenters. The highest BCUT2D eigenvalue weighted by molar-refractivity contribution is 5.73. The van der Waals surface area contributed by atoms with Crippen LogP contribution in [0.5, 0.6) is 0 Å². The van der Waals surface area contributed by atoms with Crippen LogP contribution in [0, 0.1) is 11.6 Å². The molecule has 64 valence electrons. The van der Waals surface area contributed by atoms with Crippen molar-refractivity contribution in [2.24, 2.45) is 0 Å². The summed E-state index contributed by atoms with van der Waals surface area (Å²) in [5, 5.41) is 12.4. The first-order valence-corrected chi connectivity index (χ1v) is 3.38. The van der Waals surface area contributed by atoms with Crippen LogP contribution >= 0.6 is 0 Å². The molecule has 0 saturated heterocycles. The van der Waals surface area contributed by atoms with Gasteiger partial charge in [-0.2, -0.15) is 0 Å². The molecule has 0 spiro atoms. The molecule has 1 aromatic rings. The van der Waals surface area contributed by atoms with Crippen molar-refractivity contribution in [2.75, 3.05) is 17.0 Å². The van der Waals surface area contributed by atoms with Gasteiger partial charge in [0.2, 0.25) is 0 Å². The fourth-order valence-corrected chi connectivity index (χ4v) is 1.16. The molecule has 5 heteroatoms. The van der Waals surface area contributed by atoms with Gasteiger partial charge in [0.05, 0.1) is 5.69 Å². The third kappa shape index (κ3) is 0.831. The van der Waals surface area contributed by atoms with Gasteiger partial charge in [-0.1, -0.05) is 0 Å². The lowest BCUT2D eigenvalue weighted by molar-refractivity contribution is 0.268. The van der Waals surface area contributed by atoms with E-state index in [0.717, 1.165) is 11.1 Å². The highest BCUT2D eigenvalue weighted by Crippen LogP contribution is 2.33. The van der Waals surface area contributed by atoms with E-state index >= 15 is 0 Å². The summed E-state index contributed by atoms with van der Waals surface area (Å²) in [6.45, 7) is 0.0791. The lowest BCUT2D eigenvalue weighted by Gasteiger charge is -2.06. The largest absolute Gasteiger partial charge is 0.362 e. The van der Waals surface area contributed by atoms with Gasteiger partial charge in [0.25, 0.3) is 0 Å². The van der Waals surface area contributed by atoms with Crippen LogP contribution in [0.25, 0.3) is 0 Å². The van der Waals surface area contributed by atoms with Crippen LogP contribution in [0.2, 0.25) is 0 Å². The normalized spacial score (nSPS) is 14.4. The van der Waals surface area contributed by atoms with Gasteiger partial charge in [0, 0.05) is 0 Å². The fourth-order valence-electron chi connectivity index (χ4n) is 1.16. The van der Waals surface area contributed by atoms with Crippen molar-refractivity contribution in [1.29, 1.82) is 0 Å². The Morgan fingerprint density at radius 2 is 2.17 bits per heavy atom. The van der Waals surface area contributed by atoms with Crippen molar-refractivity contribution in [2.45, 2.75) is 0 Å². The zero-order valence-electron chi connectivity index (χ0n) is 6.01. The predicted molar refractivity (Wildman–Crippen MR) is 39.1 cm³/mol. The molecule has 0 amide bonds. The van der Waals surface area contributed by atoms with E-state index in [9.17, 15) is 8.78 Å². The molecule has 0 atom stereocenters. The van der Waals surface area contributed by atoms with Crippen LogP contribution in [0.4, 0.5) is 20.2 Å². The summed E-state index contributed by atoms with van der Waals surface area (Å²) in [5.41, 5.74) is 0.270. The zero-order valence-corrected chi connectivity index (χ0v) is 6.01. The van der Waals surface area contributed by atoms with E-state index < -0.39 is 11.6 Å². The second-order valence-corrected chi connectivity index (χ2v) is 2.49. The van der Waals surface area contributed by atoms with Crippen molar-refractivity contribution < 1.29 is 14.0 Å². The standard InChI is InChI=1S/C7H6F2N2O/c8-4-1-2-5-7(6(4)9)10-3-11(5)12/h1-2,10,12H,3H2. The summed E-state index contributed by atoms with van der Waals surface area (Å²) in [6.07, 6.45) is 0. The first-order valence-electron chi connectivity index (χ1n) is 3.38. The maximum Gasteiger partial charge on any atom is 0.184 e. The molecule has 0 saturated carbocycles. The highest BCUT2D eigenvalue weighted by atomic mass is 19.2. The Morgan fingerprint density at radius 3 is 2.92 bits per heavy atom. The lowest BCUT2D eigenvalue weighted by atomic mass is 10.2. The van der Waals surface area contributed by atoms with E-state index in [-0.39, 0.29) is 18.0 Å². The van der Waals surface area contributed by atoms with E-state index in [1.807, 2.05) is 0 Å². The first kappa shape index (κ1) is 7.30. The number of halogens is 2. The molecule has 0 aliphatic carbocycles. The number of benzene rings is 1. The maximum absolute atomic E-state index is 12.9. The fraction of sp³-hybridized carbons (Fsp3) is 0.143. The molecule has 1 aliphatic heterocycles. The molecule has 1 heterocycles. The Balaban J connectivity index is 2.60. The molecule has 0 radical (unpaired) electrons. The van der Waals surface area contributed by atoms with E-state index in [1.165, 1.54) is 6.07 Å². The SMILES string of the molecule is ON1CNc2c1ccc(F)c2F. The Kier molecular flexibility index (Phi) is 1.41. The average molecular weight is 172 g/mol. The van der Waals surface area contributed by atoms with Crippen LogP contribution < -0.4 is 10.4 Å². The van der Waals surface area contributed by atoms with Gasteiger partial charge in [-0.3, -0.25) is 5.21 Å². The van der Waals surface area contributed by atoms with Crippen molar-refractivity contribution in [1.82, 2.24) is 0 Å². The molecule has 1 aromatic carbocycles. The predicted octanol–water partition coefficient (Wildman–Crippen LogP) is 1.54. The topological polar surface area (TPSA) is 35.5 Å². The molecular formula is C7H6F2N2O. The summed E-state index contributed by atoms with van der Waals surface area (Å²) < 4.78 is 25.5. The lowest BCUT2D eigenvalue weighted by Crippen LogP contribution is -2.16. The summed E-state index contributed by atoms with van der Waals surface area (Å²) in [5.74, 6) is -1.87. The van der Waals surface area contributed by atoms with Crippen LogP contribution in [0.15, 0.2) is 12.1 Å². The number of nitrogens with zero attached hydrogens (tertiary/aromatic N) is 1. The molecule has 1 aliphatic rings. The molecule has 0 aromatic heterocycles. The minimum Gasteiger partial charge on any atom is -0.362 e. The van der Waals surface area contributed by atoms with Gasteiger partial charge in [0.15, 0.2) is 11.6 Å². The van der Waals surface area contributed by atoms with Crippen molar-refractivity contribution >= 4 is 11.4 Å². The number of hydrogen-bond acceptors (Lipinski definition) is 3. The van der Waals surface area contributed by atoms with Crippen LogP contribution in [0.3, 0.4) is 0 Å². The zero-order chi connectivity index (χ0) is 8.72. The summed E-state index contributed by atoms with van der Waals surface area (Å²) in [4.78, 5) is 0. The quantitative estimate of drug-likeness (QED) is 0.623. The van der Waals surface area contributed by atoms with E-state index in [0.29, 0.717) is 0 Å². The number of rotatable bonds is 0. The van der Waals surface area contributed by atoms with E-state index in [4.69, 9.17) is 5.21 Å². The van der Waals surface area contributed by atoms with E-state index in [1.54, 1.807) is 0 Å². The van der Waals surface area contributed by atoms with Gasteiger partial charge in [-0.05, 0) is 12.1 Å². The minimum atomic E-state index is -0.955. The summed E-state index contributed by atoms with van der Waals surface area (Å²) in [7, 11) is 0. The second-order valence-electron chi connectivity index (χ2n) is 2.49. The van der Waals surface area contributed by atoms with Crippen molar-refractivity contribution in [3.05, 3.63) is 23.8 Å². The first-order chi connectivity index (χ1) is 5.70. The van der Waals surface area contributed by atoms with Crippen LogP contribution in [0.1, 0.15) is 0 Å². The number of nitrogens with one attached hydrogen (secondary N) is 1. The Labute approximate surface area is 67.2 Å². The number of hydrogen-bond donors (Lipinski definition) is 2. The van der Waals surface area contributed by atoms with Crippen molar-refractivity contribution in [3.63, 3.8) is 0 Å².